The van der Waals surface area contributed by atoms with Gasteiger partial charge in [-0.05, 0) is 115 Å². The van der Waals surface area contributed by atoms with Crippen LogP contribution in [0.25, 0.3) is 0 Å². The zero-order chi connectivity index (χ0) is 83.9. The van der Waals surface area contributed by atoms with E-state index in [0.717, 1.165) is 30.2 Å². The molecule has 0 spiro atoms. The standard InChI is InChI=1S/C20H16F2N2O2.C19H15FN2O2.C17H13F2N3O2S.C16H11FN4O2.C14H10N4O2S/c1-20(21,22)15-5-2-4-14(10-15)11-19(25)18-12-16(7-9-24-18)26-17-6-3-8-23-13-17;1-13-4-5-14(9-17(13)20)10-19(23)18-11-15(6-8-22-18)24-16-3-2-7-21-12-16;1-17(18,19)15-10-25-16(22-15)8-14(23)13-7-11(4-6-21-13)24-12-3-2-5-20-9-12;17-11-1-3-20-12(5-11)6-16(22)15-7-13(2-4-21-15)23-14-8-18-10-19-9-14;19-13(6-14-18-3-4-21-14)12-5-10(1-2-17-12)20-11-7-15-9-16-8-11/h2-10,12-13H,11H2,1H3;2-9,11-12H,10H2,1H3;2-7,9-10H,8H2,1H3;1-5,7-10H,6H2;1-5,7-9H,6H2. The SMILES string of the molecule is CC(F)(F)c1cccc(CC(=O)c2cc(Oc3cccnc3)ccn2)c1.CC(F)(F)c1csc(CC(=O)c2cc(Oc3cccnc3)ccn2)n1.Cc1ccc(CC(=O)c2cc(Oc3cccnc3)ccn2)cc1F.O=C(Cc1cc(F)ccn1)c1cc(Oc2cncnc2)ccn1.O=C(Cc1nccs1)c1cc(Oc2cncnc2)ccn1. The summed E-state index contributed by atoms with van der Waals surface area (Å²) >= 11 is 2.47. The lowest BCUT2D eigenvalue weighted by atomic mass is 10.0. The van der Waals surface area contributed by atoms with Gasteiger partial charge in [0.1, 0.15) is 114 Å². The smallest absolute Gasteiger partial charge is 0.287 e. The van der Waals surface area contributed by atoms with Gasteiger partial charge in [-0.15, -0.1) is 22.7 Å². The van der Waals surface area contributed by atoms with E-state index in [1.807, 2.05) is 5.38 Å². The average Bonchev–Trinajstić information content (AvgIpc) is 1.83. The fraction of sp³-hybridized carbons (Fsp3) is 0.116. The molecule has 119 heavy (non-hydrogen) atoms. The van der Waals surface area contributed by atoms with Crippen molar-refractivity contribution in [3.63, 3.8) is 0 Å². The van der Waals surface area contributed by atoms with E-state index in [0.29, 0.717) is 90.6 Å². The zero-order valence-corrected chi connectivity index (χ0v) is 64.6. The third kappa shape index (κ3) is 27.4. The van der Waals surface area contributed by atoms with Crippen LogP contribution in [-0.4, -0.2) is 104 Å². The van der Waals surface area contributed by atoms with E-state index in [4.69, 9.17) is 23.7 Å². The van der Waals surface area contributed by atoms with Crippen LogP contribution < -0.4 is 23.7 Å². The summed E-state index contributed by atoms with van der Waals surface area (Å²) in [5.41, 5.74) is 2.80. The molecule has 13 aromatic heterocycles. The molecule has 0 aliphatic rings. The van der Waals surface area contributed by atoms with E-state index in [1.54, 1.807) is 160 Å². The van der Waals surface area contributed by atoms with E-state index in [-0.39, 0.29) is 101 Å². The number of thiazole rings is 2. The fourth-order valence-electron chi connectivity index (χ4n) is 10.2. The van der Waals surface area contributed by atoms with E-state index >= 15 is 0 Å². The number of aromatic nitrogens is 15. The Balaban J connectivity index is 0.000000146. The summed E-state index contributed by atoms with van der Waals surface area (Å²) in [6.07, 6.45) is 29.1. The van der Waals surface area contributed by atoms with Crippen LogP contribution in [0, 0.1) is 18.6 Å². The molecule has 0 atom stereocenters. The molecule has 598 valence electrons. The molecule has 0 saturated heterocycles. The molecule has 0 bridgehead atoms. The van der Waals surface area contributed by atoms with Gasteiger partial charge in [-0.2, -0.15) is 8.78 Å². The maximum absolute atomic E-state index is 13.6. The summed E-state index contributed by atoms with van der Waals surface area (Å²) in [5, 5.41) is 4.19. The number of hydrogen-bond acceptors (Lipinski definition) is 27. The molecule has 15 rings (SSSR count). The molecule has 15 aromatic rings. The predicted molar refractivity (Wildman–Crippen MR) is 424 cm³/mol. The summed E-state index contributed by atoms with van der Waals surface area (Å²) in [5.74, 6) is -2.98. The van der Waals surface area contributed by atoms with Crippen LogP contribution in [0.15, 0.2) is 280 Å². The Morgan fingerprint density at radius 1 is 0.353 bits per heavy atom. The maximum atomic E-state index is 13.6. The summed E-state index contributed by atoms with van der Waals surface area (Å²) in [4.78, 5) is 121. The second-order valence-corrected chi connectivity index (χ2v) is 27.1. The van der Waals surface area contributed by atoms with Gasteiger partial charge in [0.15, 0.2) is 40.4 Å². The van der Waals surface area contributed by atoms with Crippen LogP contribution in [0.2, 0.25) is 0 Å². The Morgan fingerprint density at radius 3 is 1.14 bits per heavy atom. The average molecular weight is 1650 g/mol. The van der Waals surface area contributed by atoms with Crippen molar-refractivity contribution in [3.05, 3.63) is 364 Å². The number of aryl methyl sites for hydroxylation is 1. The van der Waals surface area contributed by atoms with Crippen molar-refractivity contribution in [2.75, 3.05) is 0 Å². The van der Waals surface area contributed by atoms with Crippen molar-refractivity contribution in [2.24, 2.45) is 0 Å². The van der Waals surface area contributed by atoms with Crippen LogP contribution in [0.4, 0.5) is 26.3 Å². The van der Waals surface area contributed by atoms with Gasteiger partial charge in [-0.25, -0.2) is 47.5 Å². The first-order chi connectivity index (χ1) is 57.5. The van der Waals surface area contributed by atoms with Crippen LogP contribution >= 0.6 is 22.7 Å². The van der Waals surface area contributed by atoms with Gasteiger partial charge in [0.05, 0.1) is 68.3 Å². The van der Waals surface area contributed by atoms with Crippen molar-refractivity contribution in [1.29, 1.82) is 0 Å². The molecular formula is C86H65F6N15O10S2. The monoisotopic (exact) mass is 1650 g/mol. The highest BCUT2D eigenvalue weighted by molar-refractivity contribution is 7.10. The number of ketones is 5. The predicted octanol–water partition coefficient (Wildman–Crippen LogP) is 18.4. The quantitative estimate of drug-likeness (QED) is 0.0341. The number of carbonyl (C=O) groups is 5. The highest BCUT2D eigenvalue weighted by Crippen LogP contribution is 2.32. The summed E-state index contributed by atoms with van der Waals surface area (Å²) < 4.78 is 108. The van der Waals surface area contributed by atoms with Gasteiger partial charge >= 0.3 is 0 Å². The number of hydrogen-bond donors (Lipinski definition) is 0. The Kier molecular flexibility index (Phi) is 30.0. The molecule has 0 amide bonds. The third-order valence-corrected chi connectivity index (χ3v) is 17.5. The minimum absolute atomic E-state index is 0.0206. The van der Waals surface area contributed by atoms with Crippen LogP contribution in [0.3, 0.4) is 0 Å². The number of alkyl halides is 4. The lowest BCUT2D eigenvalue weighted by Gasteiger charge is -2.11. The zero-order valence-electron chi connectivity index (χ0n) is 63.0. The number of halogens is 6. The topological polar surface area (TPSA) is 325 Å². The highest BCUT2D eigenvalue weighted by Gasteiger charge is 2.29. The van der Waals surface area contributed by atoms with E-state index in [9.17, 15) is 50.3 Å². The van der Waals surface area contributed by atoms with Gasteiger partial charge in [-0.1, -0.05) is 30.3 Å². The molecule has 2 aromatic carbocycles. The summed E-state index contributed by atoms with van der Waals surface area (Å²) in [6.45, 7) is 3.28. The summed E-state index contributed by atoms with van der Waals surface area (Å²) in [6, 6.07) is 39.4. The second kappa shape index (κ2) is 42.0. The molecule has 0 unspecified atom stereocenters. The van der Waals surface area contributed by atoms with Crippen molar-refractivity contribution in [3.8, 4) is 57.5 Å². The second-order valence-electron chi connectivity index (χ2n) is 25.2. The van der Waals surface area contributed by atoms with E-state index in [2.05, 4.69) is 74.8 Å². The van der Waals surface area contributed by atoms with Gasteiger partial charge in [0, 0.05) is 135 Å². The Labute approximate surface area is 683 Å². The Bertz CT molecular complexity index is 5880. The molecule has 0 aliphatic carbocycles. The Morgan fingerprint density at radius 2 is 0.756 bits per heavy atom. The first-order valence-corrected chi connectivity index (χ1v) is 37.3. The molecule has 13 heterocycles. The Hall–Kier alpha value is -14.9. The number of ether oxygens (including phenoxy) is 5. The first-order valence-electron chi connectivity index (χ1n) is 35.6. The van der Waals surface area contributed by atoms with Gasteiger partial charge in [-0.3, -0.25) is 68.8 Å². The molecule has 0 aliphatic heterocycles. The molecule has 0 saturated carbocycles. The van der Waals surface area contributed by atoms with Crippen LogP contribution in [0.1, 0.15) is 110 Å². The number of nitrogens with zero attached hydrogens (tertiary/aromatic N) is 15. The fourth-order valence-corrected chi connectivity index (χ4v) is 11.6. The van der Waals surface area contributed by atoms with Crippen LogP contribution in [-0.2, 0) is 43.9 Å². The molecular weight excluding hydrogens is 1580 g/mol. The van der Waals surface area contributed by atoms with Crippen molar-refractivity contribution < 1.29 is 74.0 Å². The molecule has 0 N–H and O–H groups in total. The molecule has 33 heteroatoms. The van der Waals surface area contributed by atoms with Gasteiger partial charge in [0.25, 0.3) is 11.8 Å². The number of Topliss-reactive ketones (excluding diaryl/α,β-unsaturated/α-hetero) is 5. The van der Waals surface area contributed by atoms with E-state index < -0.39 is 17.7 Å². The highest BCUT2D eigenvalue weighted by atomic mass is 32.1. The first kappa shape index (κ1) is 85.0. The van der Waals surface area contributed by atoms with E-state index in [1.165, 1.54) is 134 Å². The minimum atomic E-state index is -3.02. The molecule has 25 nitrogen and oxygen atoms in total. The number of carbonyl (C=O) groups excluding carboxylic acids is 5. The van der Waals surface area contributed by atoms with Crippen molar-refractivity contribution >= 4 is 51.6 Å². The van der Waals surface area contributed by atoms with Gasteiger partial charge < -0.3 is 23.7 Å². The molecule has 0 radical (unpaired) electrons. The molecule has 0 fully saturated rings. The van der Waals surface area contributed by atoms with Crippen LogP contribution in [0.5, 0.6) is 57.5 Å². The van der Waals surface area contributed by atoms with Crippen molar-refractivity contribution in [1.82, 2.24) is 74.8 Å². The largest absolute Gasteiger partial charge is 0.456 e. The van der Waals surface area contributed by atoms with Gasteiger partial charge in [0.2, 0.25) is 0 Å². The van der Waals surface area contributed by atoms with Crippen molar-refractivity contribution in [2.45, 2.75) is 64.7 Å². The number of rotatable bonds is 27. The number of pyridine rings is 9. The summed E-state index contributed by atoms with van der Waals surface area (Å²) in [7, 11) is 0. The minimum Gasteiger partial charge on any atom is -0.456 e. The number of benzene rings is 2. The normalized spacial score (nSPS) is 10.7. The maximum Gasteiger partial charge on any atom is 0.287 e. The lowest BCUT2D eigenvalue weighted by Crippen LogP contribution is -2.10. The third-order valence-electron chi connectivity index (χ3n) is 15.9. The lowest BCUT2D eigenvalue weighted by molar-refractivity contribution is 0.0131.